The van der Waals surface area contributed by atoms with Crippen LogP contribution >= 0.6 is 0 Å². The molecule has 1 heterocycles. The van der Waals surface area contributed by atoms with Crippen LogP contribution in [0.25, 0.3) is 0 Å². The van der Waals surface area contributed by atoms with Crippen LogP contribution in [0.15, 0.2) is 28.8 Å². The Kier molecular flexibility index (Phi) is 2.95. The van der Waals surface area contributed by atoms with Gasteiger partial charge in [0.2, 0.25) is 5.76 Å². The zero-order valence-corrected chi connectivity index (χ0v) is 10.1. The monoisotopic (exact) mass is 230 g/mol. The number of carbonyl (C=O) groups excluding carboxylic acids is 1. The third kappa shape index (κ3) is 2.53. The maximum Gasteiger partial charge on any atom is 0.293 e. The van der Waals surface area contributed by atoms with Gasteiger partial charge in [0.15, 0.2) is 5.89 Å². The summed E-state index contributed by atoms with van der Waals surface area (Å²) in [7, 11) is 0. The molecule has 1 N–H and O–H groups in total. The second-order valence-electron chi connectivity index (χ2n) is 4.02. The smallest absolute Gasteiger partial charge is 0.293 e. The SMILES string of the molecule is Cc1ccc(NC(=O)c2cnc(C)o2)c(C)c1. The van der Waals surface area contributed by atoms with E-state index in [0.29, 0.717) is 5.89 Å². The molecule has 88 valence electrons. The number of nitrogens with one attached hydrogen (secondary N) is 1. The Balaban J connectivity index is 2.18. The van der Waals surface area contributed by atoms with Crippen molar-refractivity contribution in [2.45, 2.75) is 20.8 Å². The molecule has 0 saturated heterocycles. The van der Waals surface area contributed by atoms with Gasteiger partial charge in [0.25, 0.3) is 5.91 Å². The Hall–Kier alpha value is -2.10. The van der Waals surface area contributed by atoms with Crippen LogP contribution in [-0.2, 0) is 0 Å². The molecule has 2 aromatic rings. The van der Waals surface area contributed by atoms with Gasteiger partial charge in [-0.15, -0.1) is 0 Å². The maximum atomic E-state index is 11.8. The molecule has 2 rings (SSSR count). The summed E-state index contributed by atoms with van der Waals surface area (Å²) < 4.78 is 5.16. The lowest BCUT2D eigenvalue weighted by atomic mass is 10.1. The van der Waals surface area contributed by atoms with Crippen molar-refractivity contribution in [3.63, 3.8) is 0 Å². The highest BCUT2D eigenvalue weighted by atomic mass is 16.4. The van der Waals surface area contributed by atoms with Gasteiger partial charge in [0, 0.05) is 12.6 Å². The van der Waals surface area contributed by atoms with Gasteiger partial charge in [-0.05, 0) is 25.5 Å². The number of oxazole rings is 1. The number of rotatable bonds is 2. The lowest BCUT2D eigenvalue weighted by Gasteiger charge is -2.07. The minimum Gasteiger partial charge on any atom is -0.436 e. The van der Waals surface area contributed by atoms with E-state index in [1.54, 1.807) is 6.92 Å². The summed E-state index contributed by atoms with van der Waals surface area (Å²) >= 11 is 0. The van der Waals surface area contributed by atoms with E-state index in [-0.39, 0.29) is 11.7 Å². The summed E-state index contributed by atoms with van der Waals surface area (Å²) in [4.78, 5) is 15.7. The van der Waals surface area contributed by atoms with Crippen molar-refractivity contribution in [1.82, 2.24) is 4.98 Å². The topological polar surface area (TPSA) is 55.1 Å². The second-order valence-corrected chi connectivity index (χ2v) is 4.02. The molecule has 0 aliphatic heterocycles. The molecule has 0 fully saturated rings. The third-order valence-corrected chi connectivity index (χ3v) is 2.48. The number of amides is 1. The van der Waals surface area contributed by atoms with Crippen LogP contribution in [0, 0.1) is 20.8 Å². The van der Waals surface area contributed by atoms with Crippen LogP contribution < -0.4 is 5.32 Å². The Bertz CT molecular complexity index is 558. The van der Waals surface area contributed by atoms with Gasteiger partial charge in [-0.2, -0.15) is 0 Å². The highest BCUT2D eigenvalue weighted by molar-refractivity contribution is 6.02. The Morgan fingerprint density at radius 2 is 2.06 bits per heavy atom. The van der Waals surface area contributed by atoms with E-state index in [9.17, 15) is 4.79 Å². The molecule has 1 aromatic carbocycles. The van der Waals surface area contributed by atoms with Crippen LogP contribution in [0.4, 0.5) is 5.69 Å². The average Bonchev–Trinajstić information content (AvgIpc) is 2.69. The second kappa shape index (κ2) is 4.41. The van der Waals surface area contributed by atoms with Gasteiger partial charge < -0.3 is 9.73 Å². The summed E-state index contributed by atoms with van der Waals surface area (Å²) in [5.41, 5.74) is 2.97. The summed E-state index contributed by atoms with van der Waals surface area (Å²) in [6.07, 6.45) is 1.42. The number of nitrogens with zero attached hydrogens (tertiary/aromatic N) is 1. The number of carbonyl (C=O) groups is 1. The molecule has 0 radical (unpaired) electrons. The van der Waals surface area contributed by atoms with Crippen LogP contribution in [0.3, 0.4) is 0 Å². The highest BCUT2D eigenvalue weighted by Gasteiger charge is 2.12. The average molecular weight is 230 g/mol. The normalized spacial score (nSPS) is 10.3. The molecule has 0 saturated carbocycles. The first-order valence-electron chi connectivity index (χ1n) is 5.37. The number of anilines is 1. The molecular weight excluding hydrogens is 216 g/mol. The van der Waals surface area contributed by atoms with Crippen molar-refractivity contribution < 1.29 is 9.21 Å². The number of hydrogen-bond donors (Lipinski definition) is 1. The molecule has 1 amide bonds. The number of benzene rings is 1. The molecule has 17 heavy (non-hydrogen) atoms. The van der Waals surface area contributed by atoms with Crippen molar-refractivity contribution in [1.29, 1.82) is 0 Å². The van der Waals surface area contributed by atoms with E-state index >= 15 is 0 Å². The maximum absolute atomic E-state index is 11.8. The molecule has 0 unspecified atom stereocenters. The van der Waals surface area contributed by atoms with Gasteiger partial charge in [-0.3, -0.25) is 4.79 Å². The minimum absolute atomic E-state index is 0.225. The fourth-order valence-corrected chi connectivity index (χ4v) is 1.60. The van der Waals surface area contributed by atoms with Crippen molar-refractivity contribution in [3.05, 3.63) is 47.2 Å². The summed E-state index contributed by atoms with van der Waals surface area (Å²) in [6, 6.07) is 5.85. The van der Waals surface area contributed by atoms with E-state index in [0.717, 1.165) is 16.8 Å². The molecule has 0 aliphatic rings. The first kappa shape index (κ1) is 11.4. The Morgan fingerprint density at radius 1 is 1.29 bits per heavy atom. The summed E-state index contributed by atoms with van der Waals surface area (Å²) in [5, 5.41) is 2.79. The first-order chi connectivity index (χ1) is 8.06. The van der Waals surface area contributed by atoms with E-state index in [1.165, 1.54) is 6.20 Å². The largest absolute Gasteiger partial charge is 0.436 e. The van der Waals surface area contributed by atoms with E-state index in [4.69, 9.17) is 4.42 Å². The van der Waals surface area contributed by atoms with Crippen molar-refractivity contribution in [3.8, 4) is 0 Å². The number of aryl methyl sites for hydroxylation is 3. The van der Waals surface area contributed by atoms with Crippen molar-refractivity contribution >= 4 is 11.6 Å². The molecule has 0 atom stereocenters. The van der Waals surface area contributed by atoms with Crippen molar-refractivity contribution in [2.24, 2.45) is 0 Å². The molecule has 1 aromatic heterocycles. The Labute approximate surface area is 99.7 Å². The number of aromatic nitrogens is 1. The van der Waals surface area contributed by atoms with Crippen molar-refractivity contribution in [2.75, 3.05) is 5.32 Å². The zero-order valence-electron chi connectivity index (χ0n) is 10.1. The molecule has 0 spiro atoms. The Morgan fingerprint density at radius 3 is 2.65 bits per heavy atom. The summed E-state index contributed by atoms with van der Waals surface area (Å²) in [6.45, 7) is 5.67. The molecule has 4 heteroatoms. The quantitative estimate of drug-likeness (QED) is 0.863. The molecule has 0 aliphatic carbocycles. The predicted molar refractivity (Wildman–Crippen MR) is 65.1 cm³/mol. The molecule has 0 bridgehead atoms. The van der Waals surface area contributed by atoms with E-state index < -0.39 is 0 Å². The summed E-state index contributed by atoms with van der Waals surface area (Å²) in [5.74, 6) is 0.427. The molecular formula is C13H14N2O2. The van der Waals surface area contributed by atoms with Crippen LogP contribution in [-0.4, -0.2) is 10.9 Å². The minimum atomic E-state index is -0.280. The number of hydrogen-bond acceptors (Lipinski definition) is 3. The molecule has 4 nitrogen and oxygen atoms in total. The highest BCUT2D eigenvalue weighted by Crippen LogP contribution is 2.17. The first-order valence-corrected chi connectivity index (χ1v) is 5.37. The zero-order chi connectivity index (χ0) is 12.4. The van der Waals surface area contributed by atoms with Gasteiger partial charge in [-0.25, -0.2) is 4.98 Å². The lowest BCUT2D eigenvalue weighted by molar-refractivity contribution is 0.0995. The van der Waals surface area contributed by atoms with Crippen LogP contribution in [0.2, 0.25) is 0 Å². The fourth-order valence-electron chi connectivity index (χ4n) is 1.60. The van der Waals surface area contributed by atoms with E-state index in [1.807, 2.05) is 32.0 Å². The van der Waals surface area contributed by atoms with Gasteiger partial charge >= 0.3 is 0 Å². The fraction of sp³-hybridized carbons (Fsp3) is 0.231. The van der Waals surface area contributed by atoms with E-state index in [2.05, 4.69) is 10.3 Å². The van der Waals surface area contributed by atoms with Crippen LogP contribution in [0.1, 0.15) is 27.6 Å². The lowest BCUT2D eigenvalue weighted by Crippen LogP contribution is -2.11. The third-order valence-electron chi connectivity index (χ3n) is 2.48. The van der Waals surface area contributed by atoms with Gasteiger partial charge in [0.05, 0.1) is 6.20 Å². The van der Waals surface area contributed by atoms with Crippen LogP contribution in [0.5, 0.6) is 0 Å². The van der Waals surface area contributed by atoms with Gasteiger partial charge in [-0.1, -0.05) is 17.7 Å². The van der Waals surface area contributed by atoms with Gasteiger partial charge in [0.1, 0.15) is 0 Å². The predicted octanol–water partition coefficient (Wildman–Crippen LogP) is 2.85. The standard InChI is InChI=1S/C13H14N2O2/c1-8-4-5-11(9(2)6-8)15-13(16)12-7-14-10(3)17-12/h4-7H,1-3H3,(H,15,16).